The van der Waals surface area contributed by atoms with Gasteiger partial charge in [-0.05, 0) is 0 Å². The molecule has 0 aromatic carbocycles. The minimum Gasteiger partial charge on any atom is -0.481 e. The number of hydrogen-bond donors (Lipinski definition) is 3. The van der Waals surface area contributed by atoms with Crippen LogP contribution in [-0.4, -0.2) is 51.3 Å². The molecule has 0 radical (unpaired) electrons. The van der Waals surface area contributed by atoms with Gasteiger partial charge in [0.15, 0.2) is 0 Å². The summed E-state index contributed by atoms with van der Waals surface area (Å²) >= 11 is 0. The lowest BCUT2D eigenvalue weighted by atomic mass is 9.97. The summed E-state index contributed by atoms with van der Waals surface area (Å²) in [7, 11) is 0. The van der Waals surface area contributed by atoms with Crippen LogP contribution in [0.5, 0.6) is 0 Å². The molecule has 14 heavy (non-hydrogen) atoms. The van der Waals surface area contributed by atoms with Gasteiger partial charge in [0.2, 0.25) is 0 Å². The number of aliphatic carboxylic acids is 2. The van der Waals surface area contributed by atoms with Crippen LogP contribution in [0, 0.1) is 11.8 Å². The molecule has 1 aliphatic rings. The van der Waals surface area contributed by atoms with E-state index in [1.165, 1.54) is 0 Å². The molecule has 1 aliphatic heterocycles. The van der Waals surface area contributed by atoms with Crippen LogP contribution in [0.15, 0.2) is 0 Å². The molecule has 0 bridgehead atoms. The van der Waals surface area contributed by atoms with Crippen molar-refractivity contribution in [2.45, 2.75) is 0 Å². The van der Waals surface area contributed by atoms with Crippen molar-refractivity contribution in [3.05, 3.63) is 0 Å². The predicted molar refractivity (Wildman–Crippen MR) is 41.8 cm³/mol. The summed E-state index contributed by atoms with van der Waals surface area (Å²) in [4.78, 5) is 32.5. The second-order valence-electron chi connectivity index (χ2n) is 3.08. The van der Waals surface area contributed by atoms with Crippen LogP contribution in [0.3, 0.4) is 0 Å². The van der Waals surface area contributed by atoms with Gasteiger partial charge in [0.05, 0.1) is 11.8 Å². The number of carboxylic acids is 2. The highest BCUT2D eigenvalue weighted by atomic mass is 16.4. The second-order valence-corrected chi connectivity index (χ2v) is 3.08. The number of likely N-dealkylation sites (tertiary alicyclic amines) is 1. The smallest absolute Gasteiger partial charge is 0.407 e. The highest BCUT2D eigenvalue weighted by Gasteiger charge is 2.43. The van der Waals surface area contributed by atoms with Crippen LogP contribution >= 0.6 is 0 Å². The van der Waals surface area contributed by atoms with Crippen LogP contribution in [0.4, 0.5) is 4.79 Å². The standard InChI is InChI=1S/C7H9NO6/c9-5(10)3-1-8(7(13)14)2-4(3)6(11)12/h3-4H,1-2H2,(H,9,10)(H,11,12)(H,13,14)/t3-,4-/m1/s1. The molecule has 1 amide bonds. The minimum absolute atomic E-state index is 0.262. The first-order valence-electron chi connectivity index (χ1n) is 3.87. The number of rotatable bonds is 2. The van der Waals surface area contributed by atoms with E-state index in [2.05, 4.69) is 0 Å². The second kappa shape index (κ2) is 3.52. The Kier molecular flexibility index (Phi) is 2.59. The Hall–Kier alpha value is -1.79. The molecule has 1 saturated heterocycles. The van der Waals surface area contributed by atoms with Gasteiger partial charge < -0.3 is 20.2 Å². The summed E-state index contributed by atoms with van der Waals surface area (Å²) in [6.07, 6.45) is -1.29. The Labute approximate surface area is 78.6 Å². The Bertz CT molecular complexity index is 266. The summed E-state index contributed by atoms with van der Waals surface area (Å²) in [6, 6.07) is 0. The highest BCUT2D eigenvalue weighted by molar-refractivity contribution is 5.82. The summed E-state index contributed by atoms with van der Waals surface area (Å²) in [6.45, 7) is -0.525. The average molecular weight is 203 g/mol. The molecular weight excluding hydrogens is 194 g/mol. The molecule has 1 rings (SSSR count). The van der Waals surface area contributed by atoms with Crippen LogP contribution in [0.2, 0.25) is 0 Å². The Morgan fingerprint density at radius 1 is 0.929 bits per heavy atom. The highest BCUT2D eigenvalue weighted by Crippen LogP contribution is 2.23. The van der Waals surface area contributed by atoms with Gasteiger partial charge in [0.1, 0.15) is 0 Å². The van der Waals surface area contributed by atoms with E-state index in [4.69, 9.17) is 15.3 Å². The predicted octanol–water partition coefficient (Wildman–Crippen LogP) is -0.618. The Balaban J connectivity index is 2.80. The fraction of sp³-hybridized carbons (Fsp3) is 0.571. The fourth-order valence-electron chi connectivity index (χ4n) is 1.46. The fourth-order valence-corrected chi connectivity index (χ4v) is 1.46. The van der Waals surface area contributed by atoms with Crippen LogP contribution in [0.1, 0.15) is 0 Å². The Morgan fingerprint density at radius 3 is 1.50 bits per heavy atom. The molecule has 0 saturated carbocycles. The van der Waals surface area contributed by atoms with Crippen LogP contribution in [0.25, 0.3) is 0 Å². The molecule has 0 aromatic rings. The van der Waals surface area contributed by atoms with E-state index in [1.807, 2.05) is 0 Å². The summed E-state index contributed by atoms with van der Waals surface area (Å²) in [5, 5.41) is 25.9. The minimum atomic E-state index is -1.29. The maximum Gasteiger partial charge on any atom is 0.407 e. The van der Waals surface area contributed by atoms with Crippen molar-refractivity contribution in [1.82, 2.24) is 4.90 Å². The maximum atomic E-state index is 10.6. The molecule has 1 fully saturated rings. The van der Waals surface area contributed by atoms with Crippen molar-refractivity contribution in [2.75, 3.05) is 13.1 Å². The van der Waals surface area contributed by atoms with E-state index >= 15 is 0 Å². The molecule has 0 aliphatic carbocycles. The number of carboxylic acid groups (broad SMARTS) is 3. The third-order valence-electron chi connectivity index (χ3n) is 2.22. The molecule has 0 spiro atoms. The third-order valence-corrected chi connectivity index (χ3v) is 2.22. The zero-order valence-electron chi connectivity index (χ0n) is 7.08. The summed E-state index contributed by atoms with van der Waals surface area (Å²) in [5.74, 6) is -4.85. The van der Waals surface area contributed by atoms with Crippen molar-refractivity contribution in [3.63, 3.8) is 0 Å². The molecule has 78 valence electrons. The molecule has 2 atom stereocenters. The van der Waals surface area contributed by atoms with Gasteiger partial charge in [-0.1, -0.05) is 0 Å². The van der Waals surface area contributed by atoms with Crippen LogP contribution < -0.4 is 0 Å². The van der Waals surface area contributed by atoms with E-state index in [1.54, 1.807) is 0 Å². The largest absolute Gasteiger partial charge is 0.481 e. The van der Waals surface area contributed by atoms with E-state index in [-0.39, 0.29) is 13.1 Å². The molecule has 0 aromatic heterocycles. The zero-order chi connectivity index (χ0) is 10.9. The van der Waals surface area contributed by atoms with Gasteiger partial charge in [-0.25, -0.2) is 4.79 Å². The van der Waals surface area contributed by atoms with Crippen molar-refractivity contribution in [2.24, 2.45) is 11.8 Å². The summed E-state index contributed by atoms with van der Waals surface area (Å²) < 4.78 is 0. The first-order chi connectivity index (χ1) is 6.43. The lowest BCUT2D eigenvalue weighted by Gasteiger charge is -2.09. The van der Waals surface area contributed by atoms with E-state index in [0.29, 0.717) is 0 Å². The van der Waals surface area contributed by atoms with Crippen LogP contribution in [-0.2, 0) is 9.59 Å². The quantitative estimate of drug-likeness (QED) is 0.551. The number of hydrogen-bond acceptors (Lipinski definition) is 3. The summed E-state index contributed by atoms with van der Waals surface area (Å²) in [5.41, 5.74) is 0. The van der Waals surface area contributed by atoms with Gasteiger partial charge in [-0.2, -0.15) is 0 Å². The van der Waals surface area contributed by atoms with Crippen molar-refractivity contribution < 1.29 is 29.7 Å². The first-order valence-corrected chi connectivity index (χ1v) is 3.87. The molecule has 1 heterocycles. The van der Waals surface area contributed by atoms with E-state index in [9.17, 15) is 14.4 Å². The van der Waals surface area contributed by atoms with Gasteiger partial charge in [0.25, 0.3) is 0 Å². The van der Waals surface area contributed by atoms with Crippen molar-refractivity contribution in [1.29, 1.82) is 0 Å². The normalized spacial score (nSPS) is 26.1. The zero-order valence-corrected chi connectivity index (χ0v) is 7.08. The van der Waals surface area contributed by atoms with Gasteiger partial charge in [0, 0.05) is 13.1 Å². The SMILES string of the molecule is O=C(O)[C@@H]1CN(C(=O)O)C[C@H]1C(=O)O. The Morgan fingerprint density at radius 2 is 1.29 bits per heavy atom. The monoisotopic (exact) mass is 203 g/mol. The molecule has 7 nitrogen and oxygen atoms in total. The number of nitrogens with zero attached hydrogens (tertiary/aromatic N) is 1. The van der Waals surface area contributed by atoms with Crippen molar-refractivity contribution in [3.8, 4) is 0 Å². The van der Waals surface area contributed by atoms with Gasteiger partial charge in [-0.15, -0.1) is 0 Å². The lowest BCUT2D eigenvalue weighted by Crippen LogP contribution is -2.28. The topological polar surface area (TPSA) is 115 Å². The van der Waals surface area contributed by atoms with E-state index < -0.39 is 29.9 Å². The number of carbonyl (C=O) groups is 3. The molecule has 0 unspecified atom stereocenters. The molecule has 3 N–H and O–H groups in total. The molecular formula is C7H9NO6. The van der Waals surface area contributed by atoms with Gasteiger partial charge in [-0.3, -0.25) is 9.59 Å². The molecule has 7 heteroatoms. The average Bonchev–Trinajstić information content (AvgIpc) is 2.47. The third kappa shape index (κ3) is 1.76. The van der Waals surface area contributed by atoms with Gasteiger partial charge >= 0.3 is 18.0 Å². The number of amides is 1. The van der Waals surface area contributed by atoms with Crippen molar-refractivity contribution >= 4 is 18.0 Å². The maximum absolute atomic E-state index is 10.6. The lowest BCUT2D eigenvalue weighted by molar-refractivity contribution is -0.151. The first kappa shape index (κ1) is 10.3. The van der Waals surface area contributed by atoms with E-state index in [0.717, 1.165) is 4.90 Å².